The quantitative estimate of drug-likeness (QED) is 0.603. The number of carbonyl (C=O) groups is 1. The van der Waals surface area contributed by atoms with Crippen LogP contribution in [0.4, 0.5) is 0 Å². The van der Waals surface area contributed by atoms with Crippen molar-refractivity contribution in [3.8, 4) is 0 Å². The van der Waals surface area contributed by atoms with Crippen molar-refractivity contribution in [3.05, 3.63) is 71.8 Å². The molecule has 0 bridgehead atoms. The average molecular weight is 378 g/mol. The molecule has 1 aliphatic rings. The zero-order valence-electron chi connectivity index (χ0n) is 17.6. The number of Topliss-reactive ketones (excluding diaryl/α,β-unsaturated/α-hetero) is 1. The lowest BCUT2D eigenvalue weighted by atomic mass is 9.63. The van der Waals surface area contributed by atoms with Gasteiger partial charge in [0.25, 0.3) is 0 Å². The maximum atomic E-state index is 13.6. The molecule has 2 aromatic carbocycles. The molecular formula is C26H35NO. The first kappa shape index (κ1) is 20.8. The Labute approximate surface area is 171 Å². The number of rotatable bonds is 7. The van der Waals surface area contributed by atoms with Gasteiger partial charge in [0.05, 0.1) is 5.41 Å². The standard InChI is InChI=1S/C26H35NO/c1-3-25(28)26(23-15-9-7-10-16-23,24-17-11-8-12-18-24)22(2)21-27-19-13-5-4-6-14-20-27/h7-12,15-18,22H,3-6,13-14,19-21H2,1-2H3/t22-/m0/s1. The van der Waals surface area contributed by atoms with Crippen molar-refractivity contribution in [3.63, 3.8) is 0 Å². The highest BCUT2D eigenvalue weighted by molar-refractivity contribution is 5.94. The largest absolute Gasteiger partial charge is 0.303 e. The highest BCUT2D eigenvalue weighted by Crippen LogP contribution is 2.41. The first-order valence-electron chi connectivity index (χ1n) is 11.1. The highest BCUT2D eigenvalue weighted by Gasteiger charge is 2.45. The monoisotopic (exact) mass is 377 g/mol. The van der Waals surface area contributed by atoms with E-state index in [-0.39, 0.29) is 5.92 Å². The Morgan fingerprint density at radius 1 is 0.857 bits per heavy atom. The van der Waals surface area contributed by atoms with Crippen molar-refractivity contribution >= 4 is 5.78 Å². The molecule has 2 nitrogen and oxygen atoms in total. The predicted octanol–water partition coefficient (Wildman–Crippen LogP) is 5.85. The maximum Gasteiger partial charge on any atom is 0.147 e. The van der Waals surface area contributed by atoms with Gasteiger partial charge in [-0.3, -0.25) is 4.79 Å². The zero-order chi connectivity index (χ0) is 19.8. The topological polar surface area (TPSA) is 20.3 Å². The summed E-state index contributed by atoms with van der Waals surface area (Å²) in [4.78, 5) is 16.2. The van der Waals surface area contributed by atoms with Crippen LogP contribution >= 0.6 is 0 Å². The van der Waals surface area contributed by atoms with E-state index in [0.717, 1.165) is 30.8 Å². The summed E-state index contributed by atoms with van der Waals surface area (Å²) in [6.07, 6.45) is 7.14. The summed E-state index contributed by atoms with van der Waals surface area (Å²) in [5, 5.41) is 0. The molecule has 2 aromatic rings. The fourth-order valence-electron chi connectivity index (χ4n) is 5.03. The SMILES string of the molecule is CCC(=O)C(c1ccccc1)(c1ccccc1)[C@@H](C)CN1CCCCCCC1. The zero-order valence-corrected chi connectivity index (χ0v) is 17.6. The lowest BCUT2D eigenvalue weighted by Crippen LogP contribution is -2.48. The Balaban J connectivity index is 2.02. The molecule has 0 saturated carbocycles. The number of likely N-dealkylation sites (tertiary alicyclic amines) is 1. The Morgan fingerprint density at radius 3 is 1.79 bits per heavy atom. The third-order valence-corrected chi connectivity index (χ3v) is 6.44. The summed E-state index contributed by atoms with van der Waals surface area (Å²) in [5.74, 6) is 0.536. The molecule has 1 aliphatic heterocycles. The van der Waals surface area contributed by atoms with E-state index in [4.69, 9.17) is 0 Å². The van der Waals surface area contributed by atoms with Crippen LogP contribution in [0.5, 0.6) is 0 Å². The third-order valence-electron chi connectivity index (χ3n) is 6.44. The Hall–Kier alpha value is -1.93. The maximum absolute atomic E-state index is 13.6. The van der Waals surface area contributed by atoms with E-state index < -0.39 is 5.41 Å². The minimum atomic E-state index is -0.584. The summed E-state index contributed by atoms with van der Waals surface area (Å²) in [6, 6.07) is 20.9. The second kappa shape index (κ2) is 10.0. The molecule has 0 N–H and O–H groups in total. The van der Waals surface area contributed by atoms with Crippen molar-refractivity contribution in [2.24, 2.45) is 5.92 Å². The molecule has 0 spiro atoms. The van der Waals surface area contributed by atoms with Gasteiger partial charge in [0.1, 0.15) is 5.78 Å². The van der Waals surface area contributed by atoms with Gasteiger partial charge in [-0.1, -0.05) is 93.8 Å². The molecule has 1 fully saturated rings. The first-order chi connectivity index (χ1) is 13.7. The second-order valence-electron chi connectivity index (χ2n) is 8.29. The summed E-state index contributed by atoms with van der Waals surface area (Å²) in [5.41, 5.74) is 1.68. The van der Waals surface area contributed by atoms with Crippen molar-refractivity contribution in [1.29, 1.82) is 0 Å². The normalized spacial score (nSPS) is 17.5. The molecule has 1 saturated heterocycles. The molecule has 3 rings (SSSR count). The lowest BCUT2D eigenvalue weighted by molar-refractivity contribution is -0.124. The number of carbonyl (C=O) groups excluding carboxylic acids is 1. The van der Waals surface area contributed by atoms with Gasteiger partial charge in [-0.25, -0.2) is 0 Å². The second-order valence-corrected chi connectivity index (χ2v) is 8.29. The highest BCUT2D eigenvalue weighted by atomic mass is 16.1. The molecule has 1 heterocycles. The number of ketones is 1. The summed E-state index contributed by atoms with van der Waals surface area (Å²) in [7, 11) is 0. The van der Waals surface area contributed by atoms with Crippen LogP contribution in [0.25, 0.3) is 0 Å². The number of hydrogen-bond acceptors (Lipinski definition) is 2. The van der Waals surface area contributed by atoms with Gasteiger partial charge in [0, 0.05) is 13.0 Å². The van der Waals surface area contributed by atoms with Crippen LogP contribution in [0, 0.1) is 5.92 Å². The fourth-order valence-corrected chi connectivity index (χ4v) is 5.03. The molecular weight excluding hydrogens is 342 g/mol. The van der Waals surface area contributed by atoms with Gasteiger partial charge < -0.3 is 4.90 Å². The van der Waals surface area contributed by atoms with E-state index in [0.29, 0.717) is 12.2 Å². The Bertz CT molecular complexity index is 677. The average Bonchev–Trinajstić information content (AvgIpc) is 2.72. The molecule has 2 heteroatoms. The summed E-state index contributed by atoms with van der Waals surface area (Å²) >= 11 is 0. The molecule has 0 aliphatic carbocycles. The van der Waals surface area contributed by atoms with E-state index in [1.54, 1.807) is 0 Å². The van der Waals surface area contributed by atoms with Crippen molar-refractivity contribution < 1.29 is 4.79 Å². The Morgan fingerprint density at radius 2 is 1.32 bits per heavy atom. The van der Waals surface area contributed by atoms with E-state index in [2.05, 4.69) is 60.4 Å². The molecule has 0 amide bonds. The van der Waals surface area contributed by atoms with Crippen molar-refractivity contribution in [2.45, 2.75) is 57.8 Å². The molecule has 0 aromatic heterocycles. The van der Waals surface area contributed by atoms with Crippen LogP contribution in [0.1, 0.15) is 63.5 Å². The van der Waals surface area contributed by atoms with E-state index in [1.165, 1.54) is 32.1 Å². The van der Waals surface area contributed by atoms with Gasteiger partial charge >= 0.3 is 0 Å². The van der Waals surface area contributed by atoms with Crippen LogP contribution in [-0.4, -0.2) is 30.3 Å². The van der Waals surface area contributed by atoms with Gasteiger partial charge in [-0.2, -0.15) is 0 Å². The van der Waals surface area contributed by atoms with Crippen LogP contribution in [0.15, 0.2) is 60.7 Å². The van der Waals surface area contributed by atoms with Crippen LogP contribution in [0.3, 0.4) is 0 Å². The smallest absolute Gasteiger partial charge is 0.147 e. The van der Waals surface area contributed by atoms with E-state index >= 15 is 0 Å². The molecule has 28 heavy (non-hydrogen) atoms. The molecule has 0 unspecified atom stereocenters. The van der Waals surface area contributed by atoms with Gasteiger partial charge in [-0.15, -0.1) is 0 Å². The predicted molar refractivity (Wildman–Crippen MR) is 118 cm³/mol. The number of hydrogen-bond donors (Lipinski definition) is 0. The van der Waals surface area contributed by atoms with Crippen LogP contribution in [-0.2, 0) is 10.2 Å². The lowest BCUT2D eigenvalue weighted by Gasteiger charge is -2.41. The molecule has 150 valence electrons. The molecule has 0 radical (unpaired) electrons. The van der Waals surface area contributed by atoms with Gasteiger partial charge in [-0.05, 0) is 43.0 Å². The summed E-state index contributed by atoms with van der Waals surface area (Å²) in [6.45, 7) is 7.57. The van der Waals surface area contributed by atoms with Gasteiger partial charge in [0.15, 0.2) is 0 Å². The number of benzene rings is 2. The fraction of sp³-hybridized carbons (Fsp3) is 0.500. The molecule has 1 atom stereocenters. The first-order valence-corrected chi connectivity index (χ1v) is 11.1. The van der Waals surface area contributed by atoms with E-state index in [1.807, 2.05) is 19.1 Å². The summed E-state index contributed by atoms with van der Waals surface area (Å²) < 4.78 is 0. The third kappa shape index (κ3) is 4.38. The minimum Gasteiger partial charge on any atom is -0.303 e. The number of nitrogens with zero attached hydrogens (tertiary/aromatic N) is 1. The van der Waals surface area contributed by atoms with Crippen molar-refractivity contribution in [2.75, 3.05) is 19.6 Å². The van der Waals surface area contributed by atoms with E-state index in [9.17, 15) is 4.79 Å². The van der Waals surface area contributed by atoms with Gasteiger partial charge in [0.2, 0.25) is 0 Å². The van der Waals surface area contributed by atoms with Crippen molar-refractivity contribution in [1.82, 2.24) is 4.90 Å². The van der Waals surface area contributed by atoms with Crippen LogP contribution in [0.2, 0.25) is 0 Å². The van der Waals surface area contributed by atoms with Crippen LogP contribution < -0.4 is 0 Å². The Kier molecular flexibility index (Phi) is 7.44. The minimum absolute atomic E-state index is 0.212.